The van der Waals surface area contributed by atoms with Crippen LogP contribution in [0.2, 0.25) is 0 Å². The summed E-state index contributed by atoms with van der Waals surface area (Å²) >= 11 is 1.74. The summed E-state index contributed by atoms with van der Waals surface area (Å²) in [5, 5.41) is 13.8. The summed E-state index contributed by atoms with van der Waals surface area (Å²) in [6.45, 7) is 3.40. The molecule has 3 aliphatic rings. The summed E-state index contributed by atoms with van der Waals surface area (Å²) in [4.78, 5) is 15.5. The molecule has 0 unspecified atom stereocenters. The van der Waals surface area contributed by atoms with E-state index in [1.54, 1.807) is 16.4 Å². The lowest BCUT2D eigenvalue weighted by atomic mass is 9.73. The lowest BCUT2D eigenvalue weighted by molar-refractivity contribution is 0.0587. The molecule has 41 heavy (non-hydrogen) atoms. The summed E-state index contributed by atoms with van der Waals surface area (Å²) in [6.07, 6.45) is 13.2. The van der Waals surface area contributed by atoms with E-state index in [1.807, 2.05) is 30.0 Å². The van der Waals surface area contributed by atoms with Crippen molar-refractivity contribution in [2.45, 2.75) is 98.4 Å². The number of nitrogens with zero attached hydrogens (tertiary/aromatic N) is 6. The molecule has 0 bridgehead atoms. The molecule has 4 aromatic rings. The van der Waals surface area contributed by atoms with E-state index in [1.165, 1.54) is 49.0 Å². The van der Waals surface area contributed by atoms with Crippen molar-refractivity contribution >= 4 is 11.8 Å². The highest BCUT2D eigenvalue weighted by Gasteiger charge is 2.42. The van der Waals surface area contributed by atoms with Gasteiger partial charge in [0.05, 0.1) is 11.1 Å². The van der Waals surface area contributed by atoms with Gasteiger partial charge in [0.25, 0.3) is 0 Å². The van der Waals surface area contributed by atoms with E-state index in [2.05, 4.69) is 51.2 Å². The molecule has 0 amide bonds. The smallest absolute Gasteiger partial charge is 0.350 e. The van der Waals surface area contributed by atoms with Crippen LogP contribution in [0.25, 0.3) is 5.69 Å². The van der Waals surface area contributed by atoms with E-state index in [0.29, 0.717) is 6.04 Å². The normalized spacial score (nSPS) is 19.7. The van der Waals surface area contributed by atoms with Crippen molar-refractivity contribution in [1.29, 1.82) is 0 Å². The molecule has 2 saturated carbocycles. The van der Waals surface area contributed by atoms with Gasteiger partial charge in [0.2, 0.25) is 0 Å². The molecule has 7 rings (SSSR count). The second-order valence-corrected chi connectivity index (χ2v) is 13.0. The highest BCUT2D eigenvalue weighted by Crippen LogP contribution is 2.44. The van der Waals surface area contributed by atoms with Crippen LogP contribution in [0, 0.1) is 6.92 Å². The summed E-state index contributed by atoms with van der Waals surface area (Å²) in [7, 11) is 0. The number of benzene rings is 2. The van der Waals surface area contributed by atoms with Gasteiger partial charge in [-0.3, -0.25) is 4.57 Å². The lowest BCUT2D eigenvalue weighted by Gasteiger charge is -2.38. The number of hydrogen-bond acceptors (Lipinski definition) is 6. The van der Waals surface area contributed by atoms with Gasteiger partial charge in [0.1, 0.15) is 18.0 Å². The van der Waals surface area contributed by atoms with Gasteiger partial charge in [-0.25, -0.2) is 4.79 Å². The third-order valence-electron chi connectivity index (χ3n) is 9.44. The maximum atomic E-state index is 13.2. The molecule has 9 heteroatoms. The van der Waals surface area contributed by atoms with Gasteiger partial charge in [0.15, 0.2) is 0 Å². The first kappa shape index (κ1) is 26.7. The first-order valence-electron chi connectivity index (χ1n) is 15.2. The zero-order valence-electron chi connectivity index (χ0n) is 23.7. The minimum Gasteiger partial charge on any atom is -0.381 e. The van der Waals surface area contributed by atoms with Gasteiger partial charge in [-0.1, -0.05) is 49.6 Å². The largest absolute Gasteiger partial charge is 0.381 e. The van der Waals surface area contributed by atoms with E-state index in [-0.39, 0.29) is 17.1 Å². The van der Waals surface area contributed by atoms with E-state index < -0.39 is 0 Å². The topological polar surface area (TPSA) is 79.8 Å². The molecule has 0 spiro atoms. The minimum atomic E-state index is -0.199. The number of aromatic nitrogens is 6. The predicted molar refractivity (Wildman–Crippen MR) is 159 cm³/mol. The lowest BCUT2D eigenvalue weighted by Crippen LogP contribution is -2.38. The van der Waals surface area contributed by atoms with Gasteiger partial charge in [-0.15, -0.1) is 10.2 Å². The van der Waals surface area contributed by atoms with Gasteiger partial charge in [-0.2, -0.15) is 9.78 Å². The first-order valence-corrected chi connectivity index (χ1v) is 16.0. The molecule has 2 aromatic carbocycles. The van der Waals surface area contributed by atoms with Crippen molar-refractivity contribution in [3.8, 4) is 5.69 Å². The van der Waals surface area contributed by atoms with E-state index in [9.17, 15) is 4.79 Å². The van der Waals surface area contributed by atoms with E-state index in [4.69, 9.17) is 9.84 Å². The second-order valence-electron chi connectivity index (χ2n) is 11.9. The molecule has 1 aliphatic heterocycles. The van der Waals surface area contributed by atoms with Gasteiger partial charge >= 0.3 is 5.69 Å². The van der Waals surface area contributed by atoms with E-state index >= 15 is 0 Å². The number of hydrogen-bond donors (Lipinski definition) is 0. The zero-order valence-corrected chi connectivity index (χ0v) is 24.6. The first-order chi connectivity index (χ1) is 20.1. The predicted octanol–water partition coefficient (Wildman–Crippen LogP) is 6.41. The Kier molecular flexibility index (Phi) is 7.33. The molecule has 2 aliphatic carbocycles. The Labute approximate surface area is 245 Å². The maximum absolute atomic E-state index is 13.2. The molecule has 0 N–H and O–H groups in total. The molecule has 0 atom stereocenters. The fraction of sp³-hybridized carbons (Fsp3) is 0.500. The molecular weight excluding hydrogens is 532 g/mol. The van der Waals surface area contributed by atoms with Crippen molar-refractivity contribution in [2.75, 3.05) is 13.2 Å². The number of aryl methyl sites for hydroxylation is 1. The third kappa shape index (κ3) is 4.97. The Hall–Kier alpha value is -3.17. The Morgan fingerprint density at radius 3 is 2.34 bits per heavy atom. The molecule has 1 saturated heterocycles. The maximum Gasteiger partial charge on any atom is 0.350 e. The monoisotopic (exact) mass is 570 g/mol. The molecule has 2 aromatic heterocycles. The fourth-order valence-electron chi connectivity index (χ4n) is 7.27. The Morgan fingerprint density at radius 1 is 0.902 bits per heavy atom. The number of ether oxygens (including phenoxy) is 1. The highest BCUT2D eigenvalue weighted by molar-refractivity contribution is 7.99. The van der Waals surface area contributed by atoms with Crippen LogP contribution in [-0.4, -0.2) is 42.3 Å². The average Bonchev–Trinajstić information content (AvgIpc) is 3.82. The van der Waals surface area contributed by atoms with Crippen molar-refractivity contribution in [1.82, 2.24) is 29.1 Å². The third-order valence-corrected chi connectivity index (χ3v) is 10.4. The van der Waals surface area contributed by atoms with Crippen molar-refractivity contribution < 1.29 is 4.74 Å². The van der Waals surface area contributed by atoms with Crippen LogP contribution in [0.3, 0.4) is 0 Å². The molecule has 3 fully saturated rings. The van der Waals surface area contributed by atoms with Gasteiger partial charge in [0, 0.05) is 35.1 Å². The van der Waals surface area contributed by atoms with Crippen LogP contribution in [0.5, 0.6) is 0 Å². The molecule has 3 heterocycles. The van der Waals surface area contributed by atoms with Gasteiger partial charge in [-0.05, 0) is 87.4 Å². The van der Waals surface area contributed by atoms with Crippen LogP contribution >= 0.6 is 11.8 Å². The summed E-state index contributed by atoms with van der Waals surface area (Å²) in [5.74, 6) is 1.89. The summed E-state index contributed by atoms with van der Waals surface area (Å²) < 4.78 is 11.6. The molecule has 0 radical (unpaired) electrons. The quantitative estimate of drug-likeness (QED) is 0.255. The standard InChI is InChI=1S/C32H38N6O2S/c1-23-35-38(31(39)37(23)26-10-4-5-11-26)27-13-15-28(16-14-27)41-29-12-6-7-24(21-29)32(17-19-40-20-18-32)30-34-33-22-36(30)25-8-2-3-9-25/h6-7,12-16,21-22,25-26H,2-5,8-11,17-20H2,1H3. The molecule has 8 nitrogen and oxygen atoms in total. The van der Waals surface area contributed by atoms with Crippen molar-refractivity contribution in [2.24, 2.45) is 0 Å². The average molecular weight is 571 g/mol. The van der Waals surface area contributed by atoms with E-state index in [0.717, 1.165) is 61.1 Å². The minimum absolute atomic E-state index is 0.0327. The van der Waals surface area contributed by atoms with Gasteiger partial charge < -0.3 is 9.30 Å². The highest BCUT2D eigenvalue weighted by atomic mass is 32.2. The Bertz CT molecular complexity index is 1550. The van der Waals surface area contributed by atoms with Crippen LogP contribution in [-0.2, 0) is 10.2 Å². The fourth-order valence-corrected chi connectivity index (χ4v) is 8.15. The van der Waals surface area contributed by atoms with Crippen LogP contribution in [0.15, 0.2) is 69.4 Å². The Balaban J connectivity index is 1.15. The number of rotatable bonds is 7. The van der Waals surface area contributed by atoms with Crippen molar-refractivity contribution in [3.63, 3.8) is 0 Å². The van der Waals surface area contributed by atoms with Crippen LogP contribution < -0.4 is 5.69 Å². The summed E-state index contributed by atoms with van der Waals surface area (Å²) in [6, 6.07) is 17.9. The van der Waals surface area contributed by atoms with Crippen LogP contribution in [0.4, 0.5) is 0 Å². The van der Waals surface area contributed by atoms with Crippen molar-refractivity contribution in [3.05, 3.63) is 82.6 Å². The zero-order chi connectivity index (χ0) is 27.8. The summed E-state index contributed by atoms with van der Waals surface area (Å²) in [5.41, 5.74) is 1.86. The van der Waals surface area contributed by atoms with Crippen LogP contribution in [0.1, 0.15) is 93.5 Å². The molecular formula is C32H38N6O2S. The molecule has 214 valence electrons. The SMILES string of the molecule is Cc1nn(-c2ccc(Sc3cccc(C4(c5nncn5C5CCCC5)CCOCC4)c3)cc2)c(=O)n1C1CCCC1. The Morgan fingerprint density at radius 2 is 1.61 bits per heavy atom. The second kappa shape index (κ2) is 11.2.